The number of carbonyl (C=O) groups excluding carboxylic acids is 1. The molecule has 1 aromatic heterocycles. The third-order valence-electron chi connectivity index (χ3n) is 4.02. The van der Waals surface area contributed by atoms with Crippen LogP contribution in [-0.4, -0.2) is 21.6 Å². The van der Waals surface area contributed by atoms with Gasteiger partial charge in [0.1, 0.15) is 0 Å². The van der Waals surface area contributed by atoms with Gasteiger partial charge in [0.05, 0.1) is 18.0 Å². The first-order valence-electron chi connectivity index (χ1n) is 7.68. The van der Waals surface area contributed by atoms with E-state index in [1.54, 1.807) is 0 Å². The van der Waals surface area contributed by atoms with Gasteiger partial charge < -0.3 is 15.0 Å². The molecule has 0 unspecified atom stereocenters. The van der Waals surface area contributed by atoms with E-state index in [-0.39, 0.29) is 12.3 Å². The number of aromatic nitrogens is 1. The molecule has 1 aromatic carbocycles. The summed E-state index contributed by atoms with van der Waals surface area (Å²) in [6, 6.07) is 10.5. The number of carbonyl (C=O) groups is 2. The summed E-state index contributed by atoms with van der Waals surface area (Å²) < 4.78 is 2.06. The van der Waals surface area contributed by atoms with Gasteiger partial charge in [-0.15, -0.1) is 0 Å². The number of nitrogens with zero attached hydrogens (tertiary/aromatic N) is 1. The summed E-state index contributed by atoms with van der Waals surface area (Å²) in [5.41, 5.74) is 3.29. The molecule has 0 bridgehead atoms. The van der Waals surface area contributed by atoms with E-state index in [2.05, 4.69) is 9.88 Å². The molecule has 2 rings (SSSR count). The fourth-order valence-corrected chi connectivity index (χ4v) is 2.87. The van der Waals surface area contributed by atoms with E-state index < -0.39 is 12.0 Å². The lowest BCUT2D eigenvalue weighted by atomic mass is 10.0. The number of aliphatic carboxylic acids is 1. The normalized spacial score (nSPS) is 12.0. The molecule has 1 atom stereocenters. The fourth-order valence-electron chi connectivity index (χ4n) is 2.87. The number of carboxylic acids is 1. The van der Waals surface area contributed by atoms with Gasteiger partial charge in [0.2, 0.25) is 0 Å². The van der Waals surface area contributed by atoms with Gasteiger partial charge in [0.25, 0.3) is 5.91 Å². The molecular weight excluding hydrogens is 292 g/mol. The zero-order valence-corrected chi connectivity index (χ0v) is 13.7. The van der Waals surface area contributed by atoms with Gasteiger partial charge in [-0.05, 0) is 32.4 Å². The first-order valence-corrected chi connectivity index (χ1v) is 7.68. The zero-order valence-electron chi connectivity index (χ0n) is 13.7. The lowest BCUT2D eigenvalue weighted by molar-refractivity contribution is -0.137. The van der Waals surface area contributed by atoms with Gasteiger partial charge >= 0.3 is 5.97 Å². The van der Waals surface area contributed by atoms with Gasteiger partial charge in [-0.1, -0.05) is 30.3 Å². The van der Waals surface area contributed by atoms with E-state index >= 15 is 0 Å². The summed E-state index contributed by atoms with van der Waals surface area (Å²) in [7, 11) is 0. The molecule has 1 amide bonds. The molecule has 2 aromatic rings. The van der Waals surface area contributed by atoms with E-state index in [9.17, 15) is 9.59 Å². The van der Waals surface area contributed by atoms with Crippen molar-refractivity contribution in [3.8, 4) is 0 Å². The van der Waals surface area contributed by atoms with Crippen LogP contribution in [0.15, 0.2) is 36.4 Å². The van der Waals surface area contributed by atoms with Gasteiger partial charge in [-0.25, -0.2) is 0 Å². The maximum Gasteiger partial charge on any atom is 0.305 e. The van der Waals surface area contributed by atoms with Crippen molar-refractivity contribution in [2.75, 3.05) is 0 Å². The van der Waals surface area contributed by atoms with Crippen molar-refractivity contribution < 1.29 is 14.7 Å². The number of aryl methyl sites for hydroxylation is 1. The van der Waals surface area contributed by atoms with Crippen LogP contribution in [0.4, 0.5) is 0 Å². The number of hydrogen-bond acceptors (Lipinski definition) is 2. The zero-order chi connectivity index (χ0) is 17.0. The Balaban J connectivity index is 2.26. The Morgan fingerprint density at radius 3 is 2.39 bits per heavy atom. The first kappa shape index (κ1) is 16.8. The second-order valence-electron chi connectivity index (χ2n) is 5.56. The van der Waals surface area contributed by atoms with Crippen LogP contribution in [0.25, 0.3) is 0 Å². The molecule has 0 saturated carbocycles. The lowest BCUT2D eigenvalue weighted by Gasteiger charge is -2.17. The highest BCUT2D eigenvalue weighted by Gasteiger charge is 2.21. The molecule has 0 fully saturated rings. The van der Waals surface area contributed by atoms with Crippen molar-refractivity contribution in [2.45, 2.75) is 39.8 Å². The number of carboxylic acid groups (broad SMARTS) is 1. The molecule has 5 nitrogen and oxygen atoms in total. The van der Waals surface area contributed by atoms with Gasteiger partial charge in [-0.3, -0.25) is 9.59 Å². The molecule has 0 radical (unpaired) electrons. The van der Waals surface area contributed by atoms with Crippen LogP contribution in [-0.2, 0) is 11.3 Å². The second-order valence-corrected chi connectivity index (χ2v) is 5.56. The van der Waals surface area contributed by atoms with E-state index in [0.29, 0.717) is 5.56 Å². The van der Waals surface area contributed by atoms with Crippen molar-refractivity contribution in [2.24, 2.45) is 0 Å². The van der Waals surface area contributed by atoms with Crippen LogP contribution >= 0.6 is 0 Å². The molecule has 0 aliphatic rings. The Morgan fingerprint density at radius 2 is 1.87 bits per heavy atom. The van der Waals surface area contributed by atoms with Crippen LogP contribution in [0, 0.1) is 13.8 Å². The van der Waals surface area contributed by atoms with Crippen molar-refractivity contribution >= 4 is 11.9 Å². The summed E-state index contributed by atoms with van der Waals surface area (Å²) in [4.78, 5) is 23.7. The summed E-state index contributed by atoms with van der Waals surface area (Å²) in [5, 5.41) is 12.0. The van der Waals surface area contributed by atoms with Crippen molar-refractivity contribution in [1.82, 2.24) is 9.88 Å². The minimum atomic E-state index is -0.946. The smallest absolute Gasteiger partial charge is 0.305 e. The molecule has 5 heteroatoms. The number of rotatable bonds is 6. The Morgan fingerprint density at radius 1 is 1.22 bits per heavy atom. The highest BCUT2D eigenvalue weighted by molar-refractivity contribution is 5.96. The average molecular weight is 314 g/mol. The van der Waals surface area contributed by atoms with Crippen LogP contribution in [0.2, 0.25) is 0 Å². The maximum atomic E-state index is 12.6. The van der Waals surface area contributed by atoms with Crippen molar-refractivity contribution in [3.05, 3.63) is 58.9 Å². The monoisotopic (exact) mass is 314 g/mol. The standard InChI is InChI=1S/C18H22N2O3/c1-4-20-12(2)10-15(13(20)3)18(23)19-16(11-17(21)22)14-8-6-5-7-9-14/h5-10,16H,4,11H2,1-3H3,(H,19,23)(H,21,22)/t16-/m0/s1. The molecule has 0 saturated heterocycles. The highest BCUT2D eigenvalue weighted by atomic mass is 16.4. The molecule has 122 valence electrons. The van der Waals surface area contributed by atoms with E-state index in [1.807, 2.05) is 57.2 Å². The quantitative estimate of drug-likeness (QED) is 0.861. The maximum absolute atomic E-state index is 12.6. The molecule has 0 spiro atoms. The SMILES string of the molecule is CCn1c(C)cc(C(=O)N[C@@H](CC(=O)O)c2ccccc2)c1C. The second kappa shape index (κ2) is 7.13. The van der Waals surface area contributed by atoms with Gasteiger partial charge in [0, 0.05) is 17.9 Å². The summed E-state index contributed by atoms with van der Waals surface area (Å²) >= 11 is 0. The summed E-state index contributed by atoms with van der Waals surface area (Å²) in [5.74, 6) is -1.19. The van der Waals surface area contributed by atoms with Gasteiger partial charge in [0.15, 0.2) is 0 Å². The Labute approximate surface area is 135 Å². The Kier molecular flexibility index (Phi) is 5.21. The molecule has 0 aliphatic carbocycles. The number of amides is 1. The largest absolute Gasteiger partial charge is 0.481 e. The molecule has 2 N–H and O–H groups in total. The number of benzene rings is 1. The number of nitrogens with one attached hydrogen (secondary N) is 1. The number of hydrogen-bond donors (Lipinski definition) is 2. The van der Waals surface area contributed by atoms with Crippen LogP contribution in [0.3, 0.4) is 0 Å². The van der Waals surface area contributed by atoms with Crippen LogP contribution in [0.1, 0.15) is 46.7 Å². The van der Waals surface area contributed by atoms with Gasteiger partial charge in [-0.2, -0.15) is 0 Å². The Bertz CT molecular complexity index is 705. The van der Waals surface area contributed by atoms with Crippen molar-refractivity contribution in [3.63, 3.8) is 0 Å². The summed E-state index contributed by atoms with van der Waals surface area (Å²) in [6.07, 6.45) is -0.151. The lowest BCUT2D eigenvalue weighted by Crippen LogP contribution is -2.30. The van der Waals surface area contributed by atoms with E-state index in [0.717, 1.165) is 23.5 Å². The molecule has 23 heavy (non-hydrogen) atoms. The Hall–Kier alpha value is -2.56. The average Bonchev–Trinajstić information content (AvgIpc) is 2.81. The summed E-state index contributed by atoms with van der Waals surface area (Å²) in [6.45, 7) is 6.68. The third kappa shape index (κ3) is 3.80. The third-order valence-corrected chi connectivity index (χ3v) is 4.02. The highest BCUT2D eigenvalue weighted by Crippen LogP contribution is 2.20. The van der Waals surface area contributed by atoms with Crippen LogP contribution < -0.4 is 5.32 Å². The molecule has 0 aliphatic heterocycles. The topological polar surface area (TPSA) is 71.3 Å². The van der Waals surface area contributed by atoms with Crippen LogP contribution in [0.5, 0.6) is 0 Å². The van der Waals surface area contributed by atoms with E-state index in [1.165, 1.54) is 0 Å². The predicted octanol–water partition coefficient (Wildman–Crippen LogP) is 3.07. The van der Waals surface area contributed by atoms with E-state index in [4.69, 9.17) is 5.11 Å². The fraction of sp³-hybridized carbons (Fsp3) is 0.333. The molecule has 1 heterocycles. The van der Waals surface area contributed by atoms with Crippen molar-refractivity contribution in [1.29, 1.82) is 0 Å². The predicted molar refractivity (Wildman–Crippen MR) is 88.5 cm³/mol. The molecular formula is C18H22N2O3. The first-order chi connectivity index (χ1) is 10.9. The minimum absolute atomic E-state index is 0.151. The minimum Gasteiger partial charge on any atom is -0.481 e.